The zero-order chi connectivity index (χ0) is 35.7. The molecule has 0 N–H and O–H groups in total. The molecule has 0 amide bonds. The lowest BCUT2D eigenvalue weighted by molar-refractivity contribution is 0.0986. The molecule has 0 bridgehead atoms. The Hall–Kier alpha value is -3.50. The summed E-state index contributed by atoms with van der Waals surface area (Å²) in [6, 6.07) is 10.1. The van der Waals surface area contributed by atoms with Crippen LogP contribution in [-0.4, -0.2) is 39.6 Å². The minimum Gasteiger partial charge on any atom is -0.491 e. The van der Waals surface area contributed by atoms with E-state index in [1.165, 1.54) is 12.1 Å². The molecule has 0 unspecified atom stereocenters. The monoisotopic (exact) mass is 756 g/mol. The van der Waals surface area contributed by atoms with Gasteiger partial charge in [-0.25, -0.2) is 0 Å². The predicted molar refractivity (Wildman–Crippen MR) is 204 cm³/mol. The van der Waals surface area contributed by atoms with Gasteiger partial charge >= 0.3 is 0 Å². The number of halogens is 4. The fourth-order valence-corrected chi connectivity index (χ4v) is 6.96. The van der Waals surface area contributed by atoms with Crippen molar-refractivity contribution < 1.29 is 18.9 Å². The van der Waals surface area contributed by atoms with Crippen LogP contribution in [0.15, 0.2) is 55.6 Å². The van der Waals surface area contributed by atoms with Crippen LogP contribution in [0.4, 0.5) is 0 Å². The molecular weight excluding hydrogens is 726 g/mol. The Labute approximate surface area is 306 Å². The van der Waals surface area contributed by atoms with Crippen LogP contribution < -0.4 is 31.2 Å². The second kappa shape index (κ2) is 15.4. The van der Waals surface area contributed by atoms with Crippen molar-refractivity contribution in [1.82, 2.24) is 0 Å². The van der Waals surface area contributed by atoms with Crippen molar-refractivity contribution in [3.05, 3.63) is 97.4 Å². The number of unbranched alkanes of at least 4 members (excludes halogenated alkanes) is 2. The van der Waals surface area contributed by atoms with Crippen LogP contribution in [0, 0.1) is 0 Å². The third-order valence-corrected chi connectivity index (χ3v) is 10.3. The summed E-state index contributed by atoms with van der Waals surface area (Å²) in [5.74, 6) is 0.573. The lowest BCUT2D eigenvalue weighted by Crippen LogP contribution is -2.16. The molecule has 0 aliphatic heterocycles. The highest BCUT2D eigenvalue weighted by atomic mass is 35.5. The topological polar surface area (TPSA) is 105 Å². The summed E-state index contributed by atoms with van der Waals surface area (Å²) in [6.07, 6.45) is 3.76. The Morgan fingerprint density at radius 1 is 0.460 bits per heavy atom. The summed E-state index contributed by atoms with van der Waals surface area (Å²) in [5, 5.41) is 0.710. The first kappa shape index (κ1) is 36.3. The highest BCUT2D eigenvalue weighted by molar-refractivity contribution is 6.45. The van der Waals surface area contributed by atoms with E-state index >= 15 is 0 Å². The van der Waals surface area contributed by atoms with E-state index < -0.39 is 41.8 Å². The number of benzene rings is 6. The van der Waals surface area contributed by atoms with Gasteiger partial charge in [0.25, 0.3) is 0 Å². The van der Waals surface area contributed by atoms with Gasteiger partial charge in [0.05, 0.1) is 13.2 Å². The first-order chi connectivity index (χ1) is 24.1. The zero-order valence-corrected chi connectivity index (χ0v) is 30.3. The Bertz CT molecular complexity index is 2340. The first-order valence-corrected chi connectivity index (χ1v) is 17.9. The third-order valence-electron chi connectivity index (χ3n) is 8.69. The van der Waals surface area contributed by atoms with Gasteiger partial charge in [0.15, 0.2) is 0 Å². The largest absolute Gasteiger partial charge is 0.491 e. The van der Waals surface area contributed by atoms with E-state index in [1.54, 1.807) is 24.3 Å². The van der Waals surface area contributed by atoms with Gasteiger partial charge in [0, 0.05) is 56.3 Å². The average Bonchev–Trinajstić information content (AvgIpc) is 3.12. The van der Waals surface area contributed by atoms with Gasteiger partial charge in [-0.15, -0.1) is 0 Å². The lowest BCUT2D eigenvalue weighted by atomic mass is 9.89. The van der Waals surface area contributed by atoms with E-state index in [2.05, 4.69) is 13.8 Å². The Morgan fingerprint density at radius 2 is 0.860 bits per heavy atom. The molecule has 0 heterocycles. The molecule has 6 aromatic rings. The third kappa shape index (κ3) is 6.42. The van der Waals surface area contributed by atoms with Crippen molar-refractivity contribution >= 4 is 100 Å². The van der Waals surface area contributed by atoms with E-state index in [1.807, 2.05) is 0 Å². The number of fused-ring (bicyclic) bond motifs is 9. The van der Waals surface area contributed by atoms with Gasteiger partial charge < -0.3 is 18.9 Å². The van der Waals surface area contributed by atoms with Gasteiger partial charge in [0.2, 0.25) is 21.7 Å². The van der Waals surface area contributed by atoms with Gasteiger partial charge in [0.1, 0.15) is 44.8 Å². The second-order valence-corrected chi connectivity index (χ2v) is 13.4. The van der Waals surface area contributed by atoms with Crippen LogP contribution in [-0.2, 0) is 9.47 Å². The van der Waals surface area contributed by atoms with Crippen LogP contribution in [0.5, 0.6) is 11.5 Å². The maximum atomic E-state index is 14.0. The van der Waals surface area contributed by atoms with E-state index in [0.29, 0.717) is 34.8 Å². The summed E-state index contributed by atoms with van der Waals surface area (Å²) in [5.41, 5.74) is -2.67. The van der Waals surface area contributed by atoms with Gasteiger partial charge in [-0.3, -0.25) is 19.2 Å². The van der Waals surface area contributed by atoms with Crippen molar-refractivity contribution in [3.8, 4) is 11.5 Å². The molecule has 0 atom stereocenters. The molecule has 6 rings (SSSR count). The van der Waals surface area contributed by atoms with Crippen LogP contribution in [0.1, 0.15) is 39.5 Å². The summed E-state index contributed by atoms with van der Waals surface area (Å²) in [6.45, 7) is 6.14. The zero-order valence-electron chi connectivity index (χ0n) is 27.3. The molecular formula is C38H32Cl4O8. The maximum absolute atomic E-state index is 14.0. The molecule has 6 aromatic carbocycles. The van der Waals surface area contributed by atoms with Crippen LogP contribution >= 0.6 is 46.4 Å². The molecule has 0 fully saturated rings. The van der Waals surface area contributed by atoms with Crippen LogP contribution in [0.3, 0.4) is 0 Å². The molecule has 0 saturated carbocycles. The summed E-state index contributed by atoms with van der Waals surface area (Å²) in [4.78, 5) is 55.2. The fraction of sp³-hybridized carbons (Fsp3) is 0.316. The van der Waals surface area contributed by atoms with Crippen LogP contribution in [0.2, 0.25) is 20.1 Å². The molecule has 0 radical (unpaired) electrons. The summed E-state index contributed by atoms with van der Waals surface area (Å²) < 4.78 is 23.7. The Morgan fingerprint density at radius 3 is 1.26 bits per heavy atom. The number of ether oxygens (including phenoxy) is 4. The van der Waals surface area contributed by atoms with Crippen LogP contribution in [0.25, 0.3) is 53.9 Å². The van der Waals surface area contributed by atoms with Gasteiger partial charge in [-0.2, -0.15) is 0 Å². The van der Waals surface area contributed by atoms with Gasteiger partial charge in [-0.05, 0) is 47.9 Å². The van der Waals surface area contributed by atoms with E-state index in [9.17, 15) is 19.2 Å². The summed E-state index contributed by atoms with van der Waals surface area (Å²) in [7, 11) is 0. The van der Waals surface area contributed by atoms with E-state index in [-0.39, 0.29) is 70.2 Å². The minimum absolute atomic E-state index is 0.0114. The van der Waals surface area contributed by atoms with Crippen molar-refractivity contribution in [2.75, 3.05) is 39.6 Å². The highest BCUT2D eigenvalue weighted by Gasteiger charge is 2.25. The second-order valence-electron chi connectivity index (χ2n) is 11.9. The van der Waals surface area contributed by atoms with Crippen molar-refractivity contribution in [2.24, 2.45) is 0 Å². The maximum Gasteiger partial charge on any atom is 0.207 e. The highest BCUT2D eigenvalue weighted by Crippen LogP contribution is 2.44. The predicted octanol–water partition coefficient (Wildman–Crippen LogP) is 8.77. The quantitative estimate of drug-likeness (QED) is 0.0803. The molecule has 0 saturated heterocycles. The normalized spacial score (nSPS) is 11.9. The molecule has 0 spiro atoms. The molecule has 8 nitrogen and oxygen atoms in total. The Balaban J connectivity index is 1.74. The van der Waals surface area contributed by atoms with Crippen molar-refractivity contribution in [3.63, 3.8) is 0 Å². The van der Waals surface area contributed by atoms with Gasteiger partial charge in [-0.1, -0.05) is 85.2 Å². The SMILES string of the molecule is CCCCOCCOc1cc2c(=O)c(Cl)c(Cl)c(=O)c2c2c1ccc1ccc3c(OCCOCCCC)cc4c(=O)c(Cl)c(Cl)c(=O)c4c3c12. The summed E-state index contributed by atoms with van der Waals surface area (Å²) >= 11 is 25.3. The fourth-order valence-electron chi connectivity index (χ4n) is 6.22. The Kier molecular flexibility index (Phi) is 11.2. The number of hydrogen-bond donors (Lipinski definition) is 0. The van der Waals surface area contributed by atoms with E-state index in [0.717, 1.165) is 25.7 Å². The molecule has 50 heavy (non-hydrogen) atoms. The number of rotatable bonds is 14. The minimum atomic E-state index is -0.677. The molecule has 0 aliphatic carbocycles. The molecule has 0 aromatic heterocycles. The van der Waals surface area contributed by atoms with E-state index in [4.69, 9.17) is 65.4 Å². The van der Waals surface area contributed by atoms with Crippen molar-refractivity contribution in [2.45, 2.75) is 39.5 Å². The average molecular weight is 758 g/mol. The molecule has 12 heteroatoms. The molecule has 0 aliphatic rings. The molecule has 260 valence electrons. The number of hydrogen-bond acceptors (Lipinski definition) is 8. The van der Waals surface area contributed by atoms with Crippen molar-refractivity contribution in [1.29, 1.82) is 0 Å². The smallest absolute Gasteiger partial charge is 0.207 e. The standard InChI is InChI=1S/C38H32Cl4O8/c1-3-5-11-47-13-15-49-24-17-22-29(37(45)33(41)31(39)35(22)43)27-20(24)9-7-19-8-10-21-25(50-16-14-48-12-6-4-2)18-23-30(28(21)26(19)27)38(46)34(42)32(40)36(23)44/h7-10,17-18H,3-6,11-16H2,1-2H3. The lowest BCUT2D eigenvalue weighted by Gasteiger charge is -2.18. The first-order valence-electron chi connectivity index (χ1n) is 16.4.